The first kappa shape index (κ1) is 16.9. The minimum absolute atomic E-state index is 0.129. The van der Waals surface area contributed by atoms with Crippen LogP contribution in [0.15, 0.2) is 22.8 Å². The largest absolute Gasteiger partial charge is 0.467 e. The summed E-state index contributed by atoms with van der Waals surface area (Å²) in [4.78, 5) is 14.1. The van der Waals surface area contributed by atoms with Crippen molar-refractivity contribution in [3.63, 3.8) is 0 Å². The average molecular weight is 308 g/mol. The van der Waals surface area contributed by atoms with Crippen LogP contribution in [-0.4, -0.2) is 35.7 Å². The number of hydrogen-bond acceptors (Lipinski definition) is 3. The zero-order valence-electron chi connectivity index (χ0n) is 14.0. The lowest BCUT2D eigenvalue weighted by molar-refractivity contribution is 0.111. The first-order chi connectivity index (χ1) is 10.3. The third kappa shape index (κ3) is 4.03. The van der Waals surface area contributed by atoms with Crippen molar-refractivity contribution in [3.8, 4) is 0 Å². The number of aliphatic hydroxyl groups excluding tert-OH is 1. The van der Waals surface area contributed by atoms with Crippen molar-refractivity contribution in [3.05, 3.63) is 24.2 Å². The van der Waals surface area contributed by atoms with E-state index in [-0.39, 0.29) is 29.5 Å². The first-order valence-corrected chi connectivity index (χ1v) is 8.02. The standard InChI is InChI=1S/C17H28N2O3/c1-17(2,3)15(14-9-6-10-22-14)18-16(21)19(4)11-12-7-5-8-13(12)20/h6,9-10,12-13,15,20H,5,7-8,11H2,1-4H3,(H,18,21)/t12-,13+,15+/m0/s1. The summed E-state index contributed by atoms with van der Waals surface area (Å²) in [6, 6.07) is 3.40. The Morgan fingerprint density at radius 1 is 1.50 bits per heavy atom. The van der Waals surface area contributed by atoms with Crippen LogP contribution in [0, 0.1) is 11.3 Å². The van der Waals surface area contributed by atoms with E-state index in [1.807, 2.05) is 12.1 Å². The number of nitrogens with zero attached hydrogens (tertiary/aromatic N) is 1. The van der Waals surface area contributed by atoms with Crippen molar-refractivity contribution < 1.29 is 14.3 Å². The third-order valence-electron chi connectivity index (χ3n) is 4.44. The molecule has 2 amide bonds. The Morgan fingerprint density at radius 3 is 2.73 bits per heavy atom. The van der Waals surface area contributed by atoms with Crippen LogP contribution in [0.4, 0.5) is 4.79 Å². The molecule has 22 heavy (non-hydrogen) atoms. The van der Waals surface area contributed by atoms with E-state index in [2.05, 4.69) is 26.1 Å². The monoisotopic (exact) mass is 308 g/mol. The quantitative estimate of drug-likeness (QED) is 0.898. The smallest absolute Gasteiger partial charge is 0.317 e. The normalized spacial score (nSPS) is 23.3. The molecule has 1 heterocycles. The second-order valence-electron chi connectivity index (χ2n) is 7.40. The van der Waals surface area contributed by atoms with Gasteiger partial charge in [0, 0.05) is 19.5 Å². The molecule has 1 aliphatic rings. The SMILES string of the molecule is CN(C[C@@H]1CCC[C@H]1O)C(=O)N[C@H](c1ccco1)C(C)(C)C. The molecule has 1 aromatic rings. The maximum absolute atomic E-state index is 12.5. The molecule has 0 radical (unpaired) electrons. The van der Waals surface area contributed by atoms with Crippen molar-refractivity contribution in [2.24, 2.45) is 11.3 Å². The highest BCUT2D eigenvalue weighted by Gasteiger charge is 2.32. The van der Waals surface area contributed by atoms with Gasteiger partial charge in [-0.1, -0.05) is 27.2 Å². The van der Waals surface area contributed by atoms with E-state index in [1.165, 1.54) is 0 Å². The molecule has 3 atom stereocenters. The molecule has 0 spiro atoms. The summed E-state index contributed by atoms with van der Waals surface area (Å²) >= 11 is 0. The van der Waals surface area contributed by atoms with Crippen LogP contribution in [-0.2, 0) is 0 Å². The van der Waals surface area contributed by atoms with Gasteiger partial charge in [0.15, 0.2) is 0 Å². The van der Waals surface area contributed by atoms with Gasteiger partial charge in [0.2, 0.25) is 0 Å². The fraction of sp³-hybridized carbons (Fsp3) is 0.706. The Morgan fingerprint density at radius 2 is 2.23 bits per heavy atom. The van der Waals surface area contributed by atoms with Crippen LogP contribution in [0.3, 0.4) is 0 Å². The highest BCUT2D eigenvalue weighted by molar-refractivity contribution is 5.74. The maximum atomic E-state index is 12.5. The zero-order valence-corrected chi connectivity index (χ0v) is 14.0. The van der Waals surface area contributed by atoms with Crippen LogP contribution in [0.5, 0.6) is 0 Å². The van der Waals surface area contributed by atoms with E-state index in [0.717, 1.165) is 25.0 Å². The van der Waals surface area contributed by atoms with Gasteiger partial charge in [-0.05, 0) is 30.4 Å². The first-order valence-electron chi connectivity index (χ1n) is 8.02. The van der Waals surface area contributed by atoms with Crippen LogP contribution < -0.4 is 5.32 Å². The molecule has 1 aliphatic carbocycles. The molecule has 124 valence electrons. The van der Waals surface area contributed by atoms with Gasteiger partial charge in [0.1, 0.15) is 5.76 Å². The van der Waals surface area contributed by atoms with E-state index in [9.17, 15) is 9.90 Å². The molecule has 2 N–H and O–H groups in total. The van der Waals surface area contributed by atoms with Gasteiger partial charge in [0.25, 0.3) is 0 Å². The molecule has 1 aromatic heterocycles. The molecule has 5 nitrogen and oxygen atoms in total. The summed E-state index contributed by atoms with van der Waals surface area (Å²) in [5.41, 5.74) is -0.152. The highest BCUT2D eigenvalue weighted by Crippen LogP contribution is 2.33. The van der Waals surface area contributed by atoms with Gasteiger partial charge in [-0.25, -0.2) is 4.79 Å². The lowest BCUT2D eigenvalue weighted by Gasteiger charge is -2.32. The molecular weight excluding hydrogens is 280 g/mol. The minimum Gasteiger partial charge on any atom is -0.467 e. The molecule has 0 bridgehead atoms. The third-order valence-corrected chi connectivity index (χ3v) is 4.44. The van der Waals surface area contributed by atoms with Crippen LogP contribution in [0.25, 0.3) is 0 Å². The van der Waals surface area contributed by atoms with Crippen molar-refractivity contribution in [1.29, 1.82) is 0 Å². The molecule has 2 rings (SSSR count). The lowest BCUT2D eigenvalue weighted by Crippen LogP contribution is -2.45. The predicted molar refractivity (Wildman–Crippen MR) is 85.4 cm³/mol. The molecular formula is C17H28N2O3. The second-order valence-corrected chi connectivity index (χ2v) is 7.40. The van der Waals surface area contributed by atoms with Gasteiger partial charge >= 0.3 is 6.03 Å². The van der Waals surface area contributed by atoms with Crippen LogP contribution in [0.2, 0.25) is 0 Å². The van der Waals surface area contributed by atoms with Gasteiger partial charge < -0.3 is 19.7 Å². The number of amides is 2. The summed E-state index contributed by atoms with van der Waals surface area (Å²) in [7, 11) is 1.78. The summed E-state index contributed by atoms with van der Waals surface area (Å²) in [6.07, 6.45) is 4.22. The van der Waals surface area contributed by atoms with Gasteiger partial charge in [-0.2, -0.15) is 0 Å². The molecule has 1 saturated carbocycles. The Hall–Kier alpha value is -1.49. The van der Waals surface area contributed by atoms with Gasteiger partial charge in [-0.3, -0.25) is 0 Å². The minimum atomic E-state index is -0.279. The Labute approximate surface area is 132 Å². The van der Waals surface area contributed by atoms with Crippen molar-refractivity contribution in [2.75, 3.05) is 13.6 Å². The van der Waals surface area contributed by atoms with Crippen LogP contribution in [0.1, 0.15) is 51.8 Å². The number of nitrogens with one attached hydrogen (secondary N) is 1. The Balaban J connectivity index is 1.98. The molecule has 0 unspecified atom stereocenters. The summed E-state index contributed by atoms with van der Waals surface area (Å²) < 4.78 is 5.48. The number of carbonyl (C=O) groups is 1. The van der Waals surface area contributed by atoms with Crippen molar-refractivity contribution in [2.45, 2.75) is 52.2 Å². The zero-order chi connectivity index (χ0) is 16.3. The average Bonchev–Trinajstić information content (AvgIpc) is 3.07. The maximum Gasteiger partial charge on any atom is 0.317 e. The number of urea groups is 1. The Bertz CT molecular complexity index is 479. The molecule has 1 fully saturated rings. The predicted octanol–water partition coefficient (Wildman–Crippen LogP) is 3.17. The van der Waals surface area contributed by atoms with Crippen molar-refractivity contribution in [1.82, 2.24) is 10.2 Å². The summed E-state index contributed by atoms with van der Waals surface area (Å²) in [6.45, 7) is 6.80. The van der Waals surface area contributed by atoms with E-state index in [0.29, 0.717) is 6.54 Å². The number of rotatable bonds is 4. The number of carbonyl (C=O) groups excluding carboxylic acids is 1. The Kier molecular flexibility index (Phi) is 5.16. The second kappa shape index (κ2) is 6.73. The molecule has 0 saturated heterocycles. The summed E-state index contributed by atoms with van der Waals surface area (Å²) in [5.74, 6) is 0.947. The van der Waals surface area contributed by atoms with E-state index in [4.69, 9.17) is 4.42 Å². The molecule has 5 heteroatoms. The number of furan rings is 1. The number of hydrogen-bond donors (Lipinski definition) is 2. The van der Waals surface area contributed by atoms with E-state index < -0.39 is 0 Å². The fourth-order valence-corrected chi connectivity index (χ4v) is 3.07. The molecule has 0 aromatic carbocycles. The molecule has 0 aliphatic heterocycles. The lowest BCUT2D eigenvalue weighted by atomic mass is 9.85. The topological polar surface area (TPSA) is 65.7 Å². The van der Waals surface area contributed by atoms with Crippen molar-refractivity contribution >= 4 is 6.03 Å². The van der Waals surface area contributed by atoms with E-state index in [1.54, 1.807) is 18.2 Å². The van der Waals surface area contributed by atoms with E-state index >= 15 is 0 Å². The highest BCUT2D eigenvalue weighted by atomic mass is 16.3. The summed E-state index contributed by atoms with van der Waals surface area (Å²) in [5, 5.41) is 13.0. The number of aliphatic hydroxyl groups is 1. The van der Waals surface area contributed by atoms with Gasteiger partial charge in [0.05, 0.1) is 18.4 Å². The van der Waals surface area contributed by atoms with Gasteiger partial charge in [-0.15, -0.1) is 0 Å². The fourth-order valence-electron chi connectivity index (χ4n) is 3.07. The van der Waals surface area contributed by atoms with Crippen LogP contribution >= 0.6 is 0 Å².